The van der Waals surface area contributed by atoms with E-state index in [0.717, 1.165) is 0 Å². The highest BCUT2D eigenvalue weighted by atomic mass is 19.4. The summed E-state index contributed by atoms with van der Waals surface area (Å²) in [6.45, 7) is -0.365. The fraction of sp³-hybridized carbons (Fsp3) is 0.467. The largest absolute Gasteiger partial charge is 0.421 e. The molecule has 2 amide bonds. The lowest BCUT2D eigenvalue weighted by atomic mass is 9.89. The van der Waals surface area contributed by atoms with Crippen molar-refractivity contribution in [3.8, 4) is 0 Å². The Labute approximate surface area is 130 Å². The van der Waals surface area contributed by atoms with Gasteiger partial charge in [0.05, 0.1) is 0 Å². The first kappa shape index (κ1) is 17.3. The minimum absolute atomic E-state index is 0.217. The summed E-state index contributed by atoms with van der Waals surface area (Å²) in [5.74, 6) is -0.810. The van der Waals surface area contributed by atoms with E-state index in [0.29, 0.717) is 6.42 Å². The Kier molecular flexibility index (Phi) is 4.93. The molecule has 2 rings (SSSR count). The van der Waals surface area contributed by atoms with Gasteiger partial charge >= 0.3 is 6.18 Å². The van der Waals surface area contributed by atoms with Gasteiger partial charge < -0.3 is 15.7 Å². The number of carbonyl (C=O) groups excluding carboxylic acids is 2. The Balaban J connectivity index is 2.00. The molecule has 8 heteroatoms. The fourth-order valence-electron chi connectivity index (χ4n) is 2.46. The monoisotopic (exact) mass is 330 g/mol. The number of carbonyl (C=O) groups is 2. The van der Waals surface area contributed by atoms with Crippen LogP contribution in [-0.4, -0.2) is 35.7 Å². The van der Waals surface area contributed by atoms with Crippen LogP contribution in [0.3, 0.4) is 0 Å². The van der Waals surface area contributed by atoms with Gasteiger partial charge in [-0.1, -0.05) is 30.3 Å². The Morgan fingerprint density at radius 3 is 2.48 bits per heavy atom. The highest BCUT2D eigenvalue weighted by Gasteiger charge is 2.54. The van der Waals surface area contributed by atoms with Crippen molar-refractivity contribution in [2.24, 2.45) is 0 Å². The quantitative estimate of drug-likeness (QED) is 0.760. The fourth-order valence-corrected chi connectivity index (χ4v) is 2.46. The Hall–Kier alpha value is -2.09. The van der Waals surface area contributed by atoms with E-state index >= 15 is 0 Å². The molecular formula is C15H17F3N2O3. The normalized spacial score (nSPS) is 20.7. The highest BCUT2D eigenvalue weighted by molar-refractivity contribution is 5.90. The molecule has 23 heavy (non-hydrogen) atoms. The molecule has 1 aliphatic heterocycles. The summed E-state index contributed by atoms with van der Waals surface area (Å²) in [5, 5.41) is 14.8. The van der Waals surface area contributed by atoms with E-state index < -0.39 is 30.1 Å². The van der Waals surface area contributed by atoms with E-state index in [2.05, 4.69) is 10.6 Å². The van der Waals surface area contributed by atoms with Gasteiger partial charge in [-0.15, -0.1) is 0 Å². The molecule has 1 aromatic carbocycles. The number of aliphatic hydroxyl groups is 1. The van der Waals surface area contributed by atoms with Gasteiger partial charge in [-0.2, -0.15) is 13.2 Å². The Morgan fingerprint density at radius 2 is 1.96 bits per heavy atom. The first-order chi connectivity index (χ1) is 10.7. The first-order valence-corrected chi connectivity index (χ1v) is 7.16. The molecule has 0 bridgehead atoms. The summed E-state index contributed by atoms with van der Waals surface area (Å²) < 4.78 is 39.7. The van der Waals surface area contributed by atoms with Crippen LogP contribution in [0.1, 0.15) is 24.8 Å². The molecule has 0 saturated carbocycles. The van der Waals surface area contributed by atoms with Gasteiger partial charge in [-0.3, -0.25) is 9.59 Å². The van der Waals surface area contributed by atoms with Crippen molar-refractivity contribution >= 4 is 11.8 Å². The van der Waals surface area contributed by atoms with Crippen molar-refractivity contribution in [2.45, 2.75) is 37.1 Å². The number of alkyl halides is 3. The number of hydrogen-bond donors (Lipinski definition) is 3. The highest BCUT2D eigenvalue weighted by Crippen LogP contribution is 2.41. The van der Waals surface area contributed by atoms with E-state index in [4.69, 9.17) is 0 Å². The lowest BCUT2D eigenvalue weighted by Gasteiger charge is -2.31. The number of amides is 2. The Bertz CT molecular complexity index is 577. The van der Waals surface area contributed by atoms with E-state index in [1.165, 1.54) is 24.3 Å². The van der Waals surface area contributed by atoms with Gasteiger partial charge in [0.15, 0.2) is 5.60 Å². The third-order valence-corrected chi connectivity index (χ3v) is 3.82. The van der Waals surface area contributed by atoms with Crippen LogP contribution in [0, 0.1) is 0 Å². The predicted molar refractivity (Wildman–Crippen MR) is 75.2 cm³/mol. The molecule has 0 aliphatic carbocycles. The van der Waals surface area contributed by atoms with Crippen LogP contribution in [-0.2, 0) is 15.2 Å². The van der Waals surface area contributed by atoms with Gasteiger partial charge in [0, 0.05) is 19.4 Å². The molecule has 1 aliphatic rings. The van der Waals surface area contributed by atoms with Gasteiger partial charge in [-0.25, -0.2) is 0 Å². The molecule has 5 nitrogen and oxygen atoms in total. The minimum Gasteiger partial charge on any atom is -0.376 e. The molecule has 2 atom stereocenters. The number of halogens is 3. The van der Waals surface area contributed by atoms with E-state index in [-0.39, 0.29) is 24.4 Å². The topological polar surface area (TPSA) is 78.4 Å². The standard InChI is InChI=1S/C15H17F3N2O3/c16-15(17,18)14(23,10-4-2-1-3-5-10)8-9-19-13(22)11-6-7-12(21)20-11/h1-5,11,23H,6-9H2,(H,19,22)(H,20,21)/t11-,14-/m1/s1. The van der Waals surface area contributed by atoms with Gasteiger partial charge in [0.2, 0.25) is 11.8 Å². The SMILES string of the molecule is O=C1CC[C@H](C(=O)NCC[C@@](O)(c2ccccc2)C(F)(F)F)N1. The van der Waals surface area contributed by atoms with Crippen LogP contribution in [0.25, 0.3) is 0 Å². The summed E-state index contributed by atoms with van der Waals surface area (Å²) in [6.07, 6.45) is -5.06. The van der Waals surface area contributed by atoms with Crippen molar-refractivity contribution in [3.05, 3.63) is 35.9 Å². The van der Waals surface area contributed by atoms with Crippen LogP contribution in [0.15, 0.2) is 30.3 Å². The molecule has 126 valence electrons. The van der Waals surface area contributed by atoms with Gasteiger partial charge in [0.1, 0.15) is 6.04 Å². The smallest absolute Gasteiger partial charge is 0.376 e. The summed E-state index contributed by atoms with van der Waals surface area (Å²) in [6, 6.07) is 6.00. The third kappa shape index (κ3) is 3.82. The summed E-state index contributed by atoms with van der Waals surface area (Å²) >= 11 is 0. The molecule has 3 N–H and O–H groups in total. The third-order valence-electron chi connectivity index (χ3n) is 3.82. The van der Waals surface area contributed by atoms with Crippen molar-refractivity contribution in [1.82, 2.24) is 10.6 Å². The average Bonchev–Trinajstić information content (AvgIpc) is 2.93. The maximum Gasteiger partial charge on any atom is 0.421 e. The number of benzene rings is 1. The second-order valence-corrected chi connectivity index (χ2v) is 5.42. The lowest BCUT2D eigenvalue weighted by Crippen LogP contribution is -2.47. The first-order valence-electron chi connectivity index (χ1n) is 7.16. The summed E-state index contributed by atoms with van der Waals surface area (Å²) in [4.78, 5) is 22.8. The zero-order valence-corrected chi connectivity index (χ0v) is 12.2. The summed E-state index contributed by atoms with van der Waals surface area (Å²) in [5.41, 5.74) is -3.32. The van der Waals surface area contributed by atoms with Crippen LogP contribution in [0.4, 0.5) is 13.2 Å². The molecule has 1 fully saturated rings. The number of hydrogen-bond acceptors (Lipinski definition) is 3. The van der Waals surface area contributed by atoms with Crippen molar-refractivity contribution in [2.75, 3.05) is 6.54 Å². The van der Waals surface area contributed by atoms with E-state index in [1.54, 1.807) is 6.07 Å². The second kappa shape index (κ2) is 6.57. The molecule has 1 aromatic rings. The van der Waals surface area contributed by atoms with Crippen LogP contribution in [0.5, 0.6) is 0 Å². The van der Waals surface area contributed by atoms with Gasteiger partial charge in [0.25, 0.3) is 0 Å². The lowest BCUT2D eigenvalue weighted by molar-refractivity contribution is -0.268. The zero-order chi connectivity index (χ0) is 17.1. The maximum absolute atomic E-state index is 13.2. The van der Waals surface area contributed by atoms with Crippen LogP contribution >= 0.6 is 0 Å². The van der Waals surface area contributed by atoms with Gasteiger partial charge in [-0.05, 0) is 12.0 Å². The van der Waals surface area contributed by atoms with Crippen molar-refractivity contribution < 1.29 is 27.9 Å². The zero-order valence-electron chi connectivity index (χ0n) is 12.2. The van der Waals surface area contributed by atoms with E-state index in [1.807, 2.05) is 0 Å². The summed E-state index contributed by atoms with van der Waals surface area (Å²) in [7, 11) is 0. The maximum atomic E-state index is 13.2. The van der Waals surface area contributed by atoms with Crippen LogP contribution in [0.2, 0.25) is 0 Å². The van der Waals surface area contributed by atoms with Crippen molar-refractivity contribution in [3.63, 3.8) is 0 Å². The number of nitrogens with one attached hydrogen (secondary N) is 2. The van der Waals surface area contributed by atoms with Crippen LogP contribution < -0.4 is 10.6 Å². The molecular weight excluding hydrogens is 313 g/mol. The Morgan fingerprint density at radius 1 is 1.30 bits per heavy atom. The van der Waals surface area contributed by atoms with E-state index in [9.17, 15) is 27.9 Å². The average molecular weight is 330 g/mol. The molecule has 0 spiro atoms. The number of rotatable bonds is 5. The molecule has 0 radical (unpaired) electrons. The van der Waals surface area contributed by atoms with Crippen molar-refractivity contribution in [1.29, 1.82) is 0 Å². The molecule has 0 aromatic heterocycles. The molecule has 0 unspecified atom stereocenters. The minimum atomic E-state index is -4.87. The second-order valence-electron chi connectivity index (χ2n) is 5.42. The molecule has 1 heterocycles. The molecule has 1 saturated heterocycles. The predicted octanol–water partition coefficient (Wildman–Crippen LogP) is 1.22.